The van der Waals surface area contributed by atoms with Gasteiger partial charge in [0, 0.05) is 11.5 Å². The van der Waals surface area contributed by atoms with Crippen molar-refractivity contribution < 1.29 is 4.74 Å². The fourth-order valence-corrected chi connectivity index (χ4v) is 2.29. The molecule has 0 aromatic heterocycles. The van der Waals surface area contributed by atoms with E-state index in [0.29, 0.717) is 12.1 Å². The zero-order valence-electron chi connectivity index (χ0n) is 4.91. The first-order valence-corrected chi connectivity index (χ1v) is 4.09. The Balaban J connectivity index is 2.13. The Morgan fingerprint density at radius 3 is 3.33 bits per heavy atom. The lowest BCUT2D eigenvalue weighted by atomic mass is 10.2. The van der Waals surface area contributed by atoms with Gasteiger partial charge in [0.05, 0.1) is 0 Å². The Bertz CT molecular complexity index is 159. The van der Waals surface area contributed by atoms with Gasteiger partial charge >= 0.3 is 0 Å². The summed E-state index contributed by atoms with van der Waals surface area (Å²) in [5, 5.41) is 0. The number of amidine groups is 1. The third-order valence-electron chi connectivity index (χ3n) is 1.57. The van der Waals surface area contributed by atoms with Crippen molar-refractivity contribution in [1.29, 1.82) is 0 Å². The van der Waals surface area contributed by atoms with Crippen molar-refractivity contribution in [1.82, 2.24) is 0 Å². The van der Waals surface area contributed by atoms with Gasteiger partial charge in [-0.1, -0.05) is 0 Å². The molecular formula is C5H8N2OS. The molecule has 0 unspecified atom stereocenters. The minimum absolute atomic E-state index is 0.287. The van der Waals surface area contributed by atoms with Crippen molar-refractivity contribution in [2.24, 2.45) is 10.7 Å². The number of aliphatic imine (C=N–C) groups is 1. The second-order valence-electron chi connectivity index (χ2n) is 2.23. The van der Waals surface area contributed by atoms with Crippen LogP contribution in [-0.4, -0.2) is 29.7 Å². The van der Waals surface area contributed by atoms with Crippen molar-refractivity contribution in [2.45, 2.75) is 12.1 Å². The van der Waals surface area contributed by atoms with Crippen molar-refractivity contribution in [3.05, 3.63) is 0 Å². The number of nitrogens with two attached hydrogens (primary N) is 1. The lowest BCUT2D eigenvalue weighted by Gasteiger charge is -2.03. The van der Waals surface area contributed by atoms with Gasteiger partial charge in [0.25, 0.3) is 6.02 Å². The molecule has 2 heterocycles. The van der Waals surface area contributed by atoms with E-state index in [4.69, 9.17) is 10.5 Å². The van der Waals surface area contributed by atoms with Crippen molar-refractivity contribution in [3.8, 4) is 0 Å². The first kappa shape index (κ1) is 5.41. The van der Waals surface area contributed by atoms with E-state index in [9.17, 15) is 0 Å². The maximum absolute atomic E-state index is 5.34. The first-order valence-electron chi connectivity index (χ1n) is 2.94. The molecule has 1 fully saturated rings. The van der Waals surface area contributed by atoms with Crippen molar-refractivity contribution in [3.63, 3.8) is 0 Å². The van der Waals surface area contributed by atoms with Crippen LogP contribution in [0.4, 0.5) is 0 Å². The van der Waals surface area contributed by atoms with Crippen LogP contribution in [0.5, 0.6) is 0 Å². The van der Waals surface area contributed by atoms with Crippen molar-refractivity contribution >= 4 is 17.8 Å². The molecule has 0 bridgehead atoms. The molecule has 2 aliphatic heterocycles. The van der Waals surface area contributed by atoms with Gasteiger partial charge in [-0.25, -0.2) is 4.99 Å². The Morgan fingerprint density at radius 2 is 2.56 bits per heavy atom. The minimum atomic E-state index is 0.287. The van der Waals surface area contributed by atoms with E-state index in [2.05, 4.69) is 4.99 Å². The van der Waals surface area contributed by atoms with Crippen LogP contribution in [0.15, 0.2) is 4.99 Å². The van der Waals surface area contributed by atoms with Gasteiger partial charge in [-0.15, -0.1) is 0 Å². The zero-order valence-corrected chi connectivity index (χ0v) is 5.73. The molecule has 0 aliphatic carbocycles. The maximum Gasteiger partial charge on any atom is 0.282 e. The highest BCUT2D eigenvalue weighted by Crippen LogP contribution is 2.26. The van der Waals surface area contributed by atoms with Crippen LogP contribution in [0.1, 0.15) is 0 Å². The molecule has 0 saturated carbocycles. The van der Waals surface area contributed by atoms with Gasteiger partial charge < -0.3 is 10.5 Å². The largest absolute Gasteiger partial charge is 0.459 e. The standard InChI is InChI=1S/C5H8N2OS/c6-5-7-3-1-9-2-4(3)8-5/h3-4H,1-2H2,(H2,6,7)/t3-,4-/m1/s1. The molecule has 4 heteroatoms. The minimum Gasteiger partial charge on any atom is -0.459 e. The molecule has 2 atom stereocenters. The zero-order chi connectivity index (χ0) is 6.27. The molecule has 0 spiro atoms. The van der Waals surface area contributed by atoms with Gasteiger partial charge in [-0.3, -0.25) is 0 Å². The SMILES string of the molecule is NC1=N[C@@H]2CSC[C@H]2O1. The van der Waals surface area contributed by atoms with Gasteiger partial charge in [0.1, 0.15) is 12.1 Å². The number of nitrogens with zero attached hydrogens (tertiary/aromatic N) is 1. The average Bonchev–Trinajstić information content (AvgIpc) is 2.22. The Kier molecular flexibility index (Phi) is 1.08. The van der Waals surface area contributed by atoms with Gasteiger partial charge in [-0.05, 0) is 0 Å². The van der Waals surface area contributed by atoms with E-state index >= 15 is 0 Å². The quantitative estimate of drug-likeness (QED) is 0.513. The third kappa shape index (κ3) is 0.775. The molecule has 0 radical (unpaired) electrons. The Labute approximate surface area is 57.7 Å². The van der Waals surface area contributed by atoms with Crippen LogP contribution >= 0.6 is 11.8 Å². The number of fused-ring (bicyclic) bond motifs is 1. The van der Waals surface area contributed by atoms with Crippen LogP contribution in [0.2, 0.25) is 0 Å². The van der Waals surface area contributed by atoms with Crippen LogP contribution in [0.3, 0.4) is 0 Å². The second-order valence-corrected chi connectivity index (χ2v) is 3.30. The number of hydrogen-bond donors (Lipinski definition) is 1. The normalized spacial score (nSPS) is 39.8. The lowest BCUT2D eigenvalue weighted by molar-refractivity contribution is 0.228. The third-order valence-corrected chi connectivity index (χ3v) is 2.71. The van der Waals surface area contributed by atoms with E-state index in [1.807, 2.05) is 11.8 Å². The van der Waals surface area contributed by atoms with E-state index in [1.54, 1.807) is 0 Å². The molecular weight excluding hydrogens is 136 g/mol. The molecule has 2 rings (SSSR count). The Hall–Kier alpha value is -0.380. The second kappa shape index (κ2) is 1.80. The summed E-state index contributed by atoms with van der Waals surface area (Å²) in [6.07, 6.45) is 0.287. The van der Waals surface area contributed by atoms with Crippen LogP contribution < -0.4 is 5.73 Å². The highest BCUT2D eigenvalue weighted by Gasteiger charge is 2.34. The number of ether oxygens (including phenoxy) is 1. The molecule has 0 amide bonds. The summed E-state index contributed by atoms with van der Waals surface area (Å²) in [6, 6.07) is 0.736. The fourth-order valence-electron chi connectivity index (χ4n) is 1.11. The monoisotopic (exact) mass is 144 g/mol. The predicted molar refractivity (Wildman–Crippen MR) is 37.6 cm³/mol. The summed E-state index contributed by atoms with van der Waals surface area (Å²) < 4.78 is 5.19. The summed E-state index contributed by atoms with van der Waals surface area (Å²) in [7, 11) is 0. The summed E-state index contributed by atoms with van der Waals surface area (Å²) in [4.78, 5) is 4.10. The average molecular weight is 144 g/mol. The van der Waals surface area contributed by atoms with Crippen LogP contribution in [-0.2, 0) is 4.74 Å². The topological polar surface area (TPSA) is 47.6 Å². The first-order chi connectivity index (χ1) is 4.36. The molecule has 3 nitrogen and oxygen atoms in total. The van der Waals surface area contributed by atoms with E-state index < -0.39 is 0 Å². The molecule has 0 aromatic rings. The predicted octanol–water partition coefficient (Wildman–Crippen LogP) is -0.185. The summed E-state index contributed by atoms with van der Waals surface area (Å²) in [6.45, 7) is 0. The van der Waals surface area contributed by atoms with E-state index in [-0.39, 0.29) is 6.10 Å². The van der Waals surface area contributed by atoms with Gasteiger partial charge in [0.2, 0.25) is 0 Å². The summed E-state index contributed by atoms with van der Waals surface area (Å²) in [5.74, 6) is 2.13. The lowest BCUT2D eigenvalue weighted by Crippen LogP contribution is -2.21. The highest BCUT2D eigenvalue weighted by molar-refractivity contribution is 7.99. The molecule has 50 valence electrons. The molecule has 9 heavy (non-hydrogen) atoms. The van der Waals surface area contributed by atoms with Crippen LogP contribution in [0.25, 0.3) is 0 Å². The highest BCUT2D eigenvalue weighted by atomic mass is 32.2. The number of hydrogen-bond acceptors (Lipinski definition) is 4. The van der Waals surface area contributed by atoms with Crippen LogP contribution in [0, 0.1) is 0 Å². The fraction of sp³-hybridized carbons (Fsp3) is 0.800. The van der Waals surface area contributed by atoms with E-state index in [1.165, 1.54) is 0 Å². The smallest absolute Gasteiger partial charge is 0.282 e. The Morgan fingerprint density at radius 1 is 1.67 bits per heavy atom. The van der Waals surface area contributed by atoms with Gasteiger partial charge in [-0.2, -0.15) is 11.8 Å². The van der Waals surface area contributed by atoms with Crippen molar-refractivity contribution in [2.75, 3.05) is 11.5 Å². The molecule has 2 aliphatic rings. The molecule has 1 saturated heterocycles. The summed E-state index contributed by atoms with van der Waals surface area (Å²) in [5.41, 5.74) is 5.34. The maximum atomic E-state index is 5.34. The number of thioether (sulfide) groups is 1. The molecule has 0 aromatic carbocycles. The number of rotatable bonds is 0. The van der Waals surface area contributed by atoms with Gasteiger partial charge in [0.15, 0.2) is 0 Å². The van der Waals surface area contributed by atoms with E-state index in [0.717, 1.165) is 11.5 Å². The summed E-state index contributed by atoms with van der Waals surface area (Å²) >= 11 is 1.88. The molecule has 2 N–H and O–H groups in total.